The van der Waals surface area contributed by atoms with Gasteiger partial charge < -0.3 is 5.11 Å². The van der Waals surface area contributed by atoms with Gasteiger partial charge in [0.05, 0.1) is 6.10 Å². The predicted octanol–water partition coefficient (Wildman–Crippen LogP) is 3.24. The van der Waals surface area contributed by atoms with Crippen molar-refractivity contribution in [3.05, 3.63) is 12.2 Å². The topological polar surface area (TPSA) is 37.3 Å². The van der Waals surface area contributed by atoms with Crippen molar-refractivity contribution in [3.8, 4) is 0 Å². The van der Waals surface area contributed by atoms with Gasteiger partial charge in [-0.05, 0) is 18.9 Å². The molecule has 1 unspecified atom stereocenters. The van der Waals surface area contributed by atoms with Gasteiger partial charge in [0.25, 0.3) is 0 Å². The zero-order valence-electron chi connectivity index (χ0n) is 10.0. The summed E-state index contributed by atoms with van der Waals surface area (Å²) in [4.78, 5) is 11.3. The van der Waals surface area contributed by atoms with Crippen LogP contribution in [0.2, 0.25) is 0 Å². The van der Waals surface area contributed by atoms with E-state index in [1.54, 1.807) is 6.08 Å². The summed E-state index contributed by atoms with van der Waals surface area (Å²) in [5.41, 5.74) is 0. The van der Waals surface area contributed by atoms with Gasteiger partial charge in [0.15, 0.2) is 5.78 Å². The van der Waals surface area contributed by atoms with Gasteiger partial charge in [-0.3, -0.25) is 4.79 Å². The third kappa shape index (κ3) is 9.67. The van der Waals surface area contributed by atoms with Crippen LogP contribution in [0.15, 0.2) is 12.2 Å². The lowest BCUT2D eigenvalue weighted by Gasteiger charge is -2.06. The smallest absolute Gasteiger partial charge is 0.157 e. The lowest BCUT2D eigenvalue weighted by atomic mass is 10.1. The Kier molecular flexibility index (Phi) is 9.49. The summed E-state index contributed by atoms with van der Waals surface area (Å²) in [6, 6.07) is 0. The average Bonchev–Trinajstić information content (AvgIpc) is 2.21. The first-order valence-corrected chi connectivity index (χ1v) is 6.08. The monoisotopic (exact) mass is 212 g/mol. The van der Waals surface area contributed by atoms with Crippen LogP contribution < -0.4 is 0 Å². The van der Waals surface area contributed by atoms with Crippen molar-refractivity contribution in [3.63, 3.8) is 0 Å². The molecule has 0 aromatic rings. The highest BCUT2D eigenvalue weighted by molar-refractivity contribution is 5.89. The second-order valence-electron chi connectivity index (χ2n) is 4.01. The van der Waals surface area contributed by atoms with Crippen molar-refractivity contribution in [2.24, 2.45) is 0 Å². The number of rotatable bonds is 9. The molecule has 0 amide bonds. The van der Waals surface area contributed by atoms with E-state index in [0.717, 1.165) is 38.5 Å². The van der Waals surface area contributed by atoms with E-state index in [1.165, 1.54) is 0 Å². The van der Waals surface area contributed by atoms with Crippen molar-refractivity contribution < 1.29 is 9.90 Å². The standard InChI is InChI=1S/C13H24O2/c1-3-5-7-8-10-13(15)11-12(14)9-6-4-2/h8,10,12,14H,3-7,9,11H2,1-2H3/b10-8+. The number of hydrogen-bond donors (Lipinski definition) is 1. The minimum atomic E-state index is -0.451. The predicted molar refractivity (Wildman–Crippen MR) is 63.8 cm³/mol. The molecule has 0 fully saturated rings. The molecule has 0 saturated carbocycles. The maximum Gasteiger partial charge on any atom is 0.157 e. The van der Waals surface area contributed by atoms with Gasteiger partial charge >= 0.3 is 0 Å². The number of aliphatic hydroxyl groups is 1. The zero-order valence-corrected chi connectivity index (χ0v) is 10.0. The molecule has 2 nitrogen and oxygen atoms in total. The second-order valence-corrected chi connectivity index (χ2v) is 4.01. The van der Waals surface area contributed by atoms with E-state index in [2.05, 4.69) is 13.8 Å². The molecule has 1 N–H and O–H groups in total. The molecule has 2 heteroatoms. The van der Waals surface area contributed by atoms with Gasteiger partial charge in [0.1, 0.15) is 0 Å². The van der Waals surface area contributed by atoms with E-state index in [9.17, 15) is 9.90 Å². The highest BCUT2D eigenvalue weighted by atomic mass is 16.3. The van der Waals surface area contributed by atoms with Crippen LogP contribution in [-0.2, 0) is 4.79 Å². The van der Waals surface area contributed by atoms with Gasteiger partial charge in [-0.25, -0.2) is 0 Å². The largest absolute Gasteiger partial charge is 0.393 e. The number of carbonyl (C=O) groups is 1. The Hall–Kier alpha value is -0.630. The Labute approximate surface area is 93.4 Å². The number of allylic oxidation sites excluding steroid dienone is 2. The lowest BCUT2D eigenvalue weighted by molar-refractivity contribution is -0.116. The van der Waals surface area contributed by atoms with Crippen molar-refractivity contribution in [1.82, 2.24) is 0 Å². The Morgan fingerprint density at radius 1 is 1.27 bits per heavy atom. The minimum Gasteiger partial charge on any atom is -0.393 e. The molecule has 15 heavy (non-hydrogen) atoms. The molecule has 0 bridgehead atoms. The maximum absolute atomic E-state index is 11.3. The van der Waals surface area contributed by atoms with Gasteiger partial charge in [0, 0.05) is 6.42 Å². The lowest BCUT2D eigenvalue weighted by Crippen LogP contribution is -2.11. The fraction of sp³-hybridized carbons (Fsp3) is 0.769. The Morgan fingerprint density at radius 2 is 1.93 bits per heavy atom. The molecule has 0 aromatic heterocycles. The summed E-state index contributed by atoms with van der Waals surface area (Å²) in [6.07, 6.45) is 9.41. The normalized spacial score (nSPS) is 13.3. The van der Waals surface area contributed by atoms with E-state index in [0.29, 0.717) is 0 Å². The van der Waals surface area contributed by atoms with Crippen LogP contribution in [0.1, 0.15) is 58.8 Å². The second kappa shape index (κ2) is 9.91. The van der Waals surface area contributed by atoms with Gasteiger partial charge in [-0.1, -0.05) is 45.6 Å². The highest BCUT2D eigenvalue weighted by Crippen LogP contribution is 2.05. The molecule has 0 heterocycles. The van der Waals surface area contributed by atoms with Crippen LogP contribution in [0.4, 0.5) is 0 Å². The Bertz CT molecular complexity index is 185. The molecule has 0 aromatic carbocycles. The molecular formula is C13H24O2. The summed E-state index contributed by atoms with van der Waals surface area (Å²) < 4.78 is 0. The van der Waals surface area contributed by atoms with Gasteiger partial charge in [-0.15, -0.1) is 0 Å². The van der Waals surface area contributed by atoms with Crippen molar-refractivity contribution in [2.75, 3.05) is 0 Å². The SMILES string of the molecule is CCCC/C=C/C(=O)CC(O)CCCC. The Balaban J connectivity index is 3.58. The first-order chi connectivity index (χ1) is 7.20. The fourth-order valence-corrected chi connectivity index (χ4v) is 1.38. The molecular weight excluding hydrogens is 188 g/mol. The van der Waals surface area contributed by atoms with E-state index in [4.69, 9.17) is 0 Å². The maximum atomic E-state index is 11.3. The number of ketones is 1. The zero-order chi connectivity index (χ0) is 11.5. The highest BCUT2D eigenvalue weighted by Gasteiger charge is 2.07. The molecule has 88 valence electrons. The number of aliphatic hydroxyl groups excluding tert-OH is 1. The summed E-state index contributed by atoms with van der Waals surface area (Å²) >= 11 is 0. The number of unbranched alkanes of at least 4 members (excludes halogenated alkanes) is 3. The van der Waals surface area contributed by atoms with E-state index >= 15 is 0 Å². The Morgan fingerprint density at radius 3 is 2.53 bits per heavy atom. The van der Waals surface area contributed by atoms with E-state index in [-0.39, 0.29) is 12.2 Å². The summed E-state index contributed by atoms with van der Waals surface area (Å²) in [6.45, 7) is 4.21. The van der Waals surface area contributed by atoms with Crippen LogP contribution in [0.3, 0.4) is 0 Å². The van der Waals surface area contributed by atoms with Crippen molar-refractivity contribution in [2.45, 2.75) is 64.9 Å². The molecule has 0 aliphatic heterocycles. The first-order valence-electron chi connectivity index (χ1n) is 6.08. The summed E-state index contributed by atoms with van der Waals surface area (Å²) in [5, 5.41) is 9.50. The van der Waals surface area contributed by atoms with Crippen LogP contribution in [0, 0.1) is 0 Å². The van der Waals surface area contributed by atoms with Crippen LogP contribution in [0.5, 0.6) is 0 Å². The molecule has 0 saturated heterocycles. The number of hydrogen-bond acceptors (Lipinski definition) is 2. The molecule has 0 spiro atoms. The summed E-state index contributed by atoms with van der Waals surface area (Å²) in [5.74, 6) is 0.0507. The third-order valence-electron chi connectivity index (χ3n) is 2.36. The van der Waals surface area contributed by atoms with Crippen molar-refractivity contribution >= 4 is 5.78 Å². The van der Waals surface area contributed by atoms with Crippen LogP contribution in [-0.4, -0.2) is 17.0 Å². The molecule has 0 aliphatic rings. The number of carbonyl (C=O) groups excluding carboxylic acids is 1. The van der Waals surface area contributed by atoms with E-state index < -0.39 is 6.10 Å². The van der Waals surface area contributed by atoms with Gasteiger partial charge in [0.2, 0.25) is 0 Å². The third-order valence-corrected chi connectivity index (χ3v) is 2.36. The summed E-state index contributed by atoms with van der Waals surface area (Å²) in [7, 11) is 0. The van der Waals surface area contributed by atoms with E-state index in [1.807, 2.05) is 6.08 Å². The molecule has 0 aliphatic carbocycles. The molecule has 0 rings (SSSR count). The molecule has 1 atom stereocenters. The fourth-order valence-electron chi connectivity index (χ4n) is 1.38. The van der Waals surface area contributed by atoms with Gasteiger partial charge in [-0.2, -0.15) is 0 Å². The van der Waals surface area contributed by atoms with Crippen LogP contribution >= 0.6 is 0 Å². The van der Waals surface area contributed by atoms with Crippen LogP contribution in [0.25, 0.3) is 0 Å². The minimum absolute atomic E-state index is 0.0507. The first kappa shape index (κ1) is 14.4. The quantitative estimate of drug-likeness (QED) is 0.470. The molecule has 0 radical (unpaired) electrons. The van der Waals surface area contributed by atoms with Crippen molar-refractivity contribution in [1.29, 1.82) is 0 Å². The average molecular weight is 212 g/mol.